The molecule has 1 aromatic rings. The van der Waals surface area contributed by atoms with E-state index in [0.29, 0.717) is 6.04 Å². The lowest BCUT2D eigenvalue weighted by molar-refractivity contribution is -0.134. The smallest absolute Gasteiger partial charge is 0.310 e. The molecule has 0 spiro atoms. The van der Waals surface area contributed by atoms with Crippen molar-refractivity contribution in [3.8, 4) is 0 Å². The summed E-state index contributed by atoms with van der Waals surface area (Å²) in [6.07, 6.45) is 7.10. The van der Waals surface area contributed by atoms with E-state index in [9.17, 15) is 9.59 Å². The van der Waals surface area contributed by atoms with Crippen molar-refractivity contribution < 1.29 is 9.59 Å². The molecule has 0 saturated carbocycles. The zero-order valence-corrected chi connectivity index (χ0v) is 15.0. The Balaban J connectivity index is 1.43. The molecule has 3 saturated heterocycles. The summed E-state index contributed by atoms with van der Waals surface area (Å²) in [4.78, 5) is 35.5. The number of amides is 3. The van der Waals surface area contributed by atoms with Crippen molar-refractivity contribution in [3.05, 3.63) is 30.1 Å². The van der Waals surface area contributed by atoms with Crippen LogP contribution in [0.5, 0.6) is 0 Å². The van der Waals surface area contributed by atoms with Crippen LogP contribution in [-0.2, 0) is 4.79 Å². The molecule has 3 fully saturated rings. The van der Waals surface area contributed by atoms with Gasteiger partial charge in [0, 0.05) is 44.1 Å². The molecule has 4 rings (SSSR count). The van der Waals surface area contributed by atoms with Crippen LogP contribution in [0.15, 0.2) is 24.5 Å². The number of imide groups is 1. The van der Waals surface area contributed by atoms with Gasteiger partial charge in [0.15, 0.2) is 0 Å². The lowest BCUT2D eigenvalue weighted by atomic mass is 9.96. The summed E-state index contributed by atoms with van der Waals surface area (Å²) in [5, 5.41) is 0. The Kier molecular flexibility index (Phi) is 4.02. The van der Waals surface area contributed by atoms with E-state index in [-0.39, 0.29) is 18.0 Å². The van der Waals surface area contributed by atoms with Gasteiger partial charge in [-0.2, -0.15) is 0 Å². The predicted molar refractivity (Wildman–Crippen MR) is 93.8 cm³/mol. The van der Waals surface area contributed by atoms with Crippen molar-refractivity contribution in [1.82, 2.24) is 19.7 Å². The largest absolute Gasteiger partial charge is 0.327 e. The van der Waals surface area contributed by atoms with Gasteiger partial charge in [0.05, 0.1) is 0 Å². The first kappa shape index (κ1) is 16.5. The average molecular weight is 342 g/mol. The van der Waals surface area contributed by atoms with Gasteiger partial charge in [0.25, 0.3) is 5.91 Å². The Morgan fingerprint density at radius 2 is 1.84 bits per heavy atom. The maximum Gasteiger partial charge on any atom is 0.327 e. The van der Waals surface area contributed by atoms with Gasteiger partial charge in [-0.15, -0.1) is 0 Å². The maximum absolute atomic E-state index is 12.9. The molecule has 25 heavy (non-hydrogen) atoms. The molecule has 0 bridgehead atoms. The van der Waals surface area contributed by atoms with Crippen LogP contribution in [0.2, 0.25) is 0 Å². The number of aromatic nitrogens is 1. The van der Waals surface area contributed by atoms with Crippen LogP contribution in [0.3, 0.4) is 0 Å². The summed E-state index contributed by atoms with van der Waals surface area (Å²) < 4.78 is 0. The van der Waals surface area contributed by atoms with E-state index in [1.165, 1.54) is 5.56 Å². The first-order valence-electron chi connectivity index (χ1n) is 9.31. The van der Waals surface area contributed by atoms with Crippen LogP contribution in [0, 0.1) is 0 Å². The fourth-order valence-corrected chi connectivity index (χ4v) is 4.67. The molecule has 3 aliphatic rings. The second-order valence-electron chi connectivity index (χ2n) is 7.71. The van der Waals surface area contributed by atoms with Crippen molar-refractivity contribution in [3.63, 3.8) is 0 Å². The second-order valence-corrected chi connectivity index (χ2v) is 7.71. The predicted octanol–water partition coefficient (Wildman–Crippen LogP) is 2.42. The minimum absolute atomic E-state index is 0.0237. The quantitative estimate of drug-likeness (QED) is 0.792. The van der Waals surface area contributed by atoms with Crippen molar-refractivity contribution in [1.29, 1.82) is 0 Å². The van der Waals surface area contributed by atoms with Crippen LogP contribution in [0.1, 0.15) is 51.1 Å². The van der Waals surface area contributed by atoms with Gasteiger partial charge in [0.2, 0.25) is 0 Å². The van der Waals surface area contributed by atoms with Gasteiger partial charge in [-0.25, -0.2) is 4.79 Å². The molecular formula is C19H26N4O2. The third-order valence-electron chi connectivity index (χ3n) is 6.36. The van der Waals surface area contributed by atoms with E-state index in [4.69, 9.17) is 0 Å². The van der Waals surface area contributed by atoms with Gasteiger partial charge in [-0.1, -0.05) is 0 Å². The van der Waals surface area contributed by atoms with Crippen LogP contribution in [-0.4, -0.2) is 62.8 Å². The molecule has 2 atom stereocenters. The zero-order valence-electron chi connectivity index (χ0n) is 15.0. The highest BCUT2D eigenvalue weighted by atomic mass is 16.2. The summed E-state index contributed by atoms with van der Waals surface area (Å²) in [7, 11) is 0. The Labute approximate surface area is 148 Å². The molecule has 3 amide bonds. The summed E-state index contributed by atoms with van der Waals surface area (Å²) in [6.45, 7) is 6.67. The third-order valence-corrected chi connectivity index (χ3v) is 6.36. The molecule has 0 radical (unpaired) electrons. The monoisotopic (exact) mass is 342 g/mol. The van der Waals surface area contributed by atoms with E-state index in [2.05, 4.69) is 28.9 Å². The van der Waals surface area contributed by atoms with E-state index in [1.54, 1.807) is 9.80 Å². The Hall–Kier alpha value is -1.95. The van der Waals surface area contributed by atoms with Crippen LogP contribution < -0.4 is 0 Å². The molecule has 0 aromatic carbocycles. The molecule has 1 aromatic heterocycles. The van der Waals surface area contributed by atoms with Gasteiger partial charge in [-0.05, 0) is 57.2 Å². The number of hydrogen-bond donors (Lipinski definition) is 0. The van der Waals surface area contributed by atoms with Crippen molar-refractivity contribution >= 4 is 11.9 Å². The number of pyridine rings is 1. The van der Waals surface area contributed by atoms with Crippen molar-refractivity contribution in [2.24, 2.45) is 0 Å². The van der Waals surface area contributed by atoms with Gasteiger partial charge in [-0.3, -0.25) is 19.6 Å². The molecule has 4 heterocycles. The number of likely N-dealkylation sites (tertiary alicyclic amines) is 1. The molecule has 6 nitrogen and oxygen atoms in total. The highest BCUT2D eigenvalue weighted by Crippen LogP contribution is 2.39. The molecular weight excluding hydrogens is 316 g/mol. The van der Waals surface area contributed by atoms with Gasteiger partial charge >= 0.3 is 6.03 Å². The number of carbonyl (C=O) groups is 2. The van der Waals surface area contributed by atoms with Crippen molar-refractivity contribution in [2.75, 3.05) is 19.6 Å². The van der Waals surface area contributed by atoms with E-state index < -0.39 is 5.54 Å². The fourth-order valence-electron chi connectivity index (χ4n) is 4.67. The Morgan fingerprint density at radius 1 is 1.16 bits per heavy atom. The molecule has 0 aliphatic carbocycles. The minimum Gasteiger partial charge on any atom is -0.310 e. The highest BCUT2D eigenvalue weighted by Gasteiger charge is 2.58. The second kappa shape index (κ2) is 6.09. The Morgan fingerprint density at radius 3 is 2.48 bits per heavy atom. The summed E-state index contributed by atoms with van der Waals surface area (Å²) in [6, 6.07) is 4.42. The van der Waals surface area contributed by atoms with E-state index in [0.717, 1.165) is 45.3 Å². The zero-order chi connectivity index (χ0) is 17.6. The molecule has 6 heteroatoms. The molecule has 0 N–H and O–H groups in total. The fraction of sp³-hybridized carbons (Fsp3) is 0.632. The first-order chi connectivity index (χ1) is 12.0. The van der Waals surface area contributed by atoms with E-state index in [1.807, 2.05) is 19.3 Å². The van der Waals surface area contributed by atoms with Gasteiger partial charge in [0.1, 0.15) is 5.54 Å². The lowest BCUT2D eigenvalue weighted by Crippen LogP contribution is -2.49. The number of nitrogens with zero attached hydrogens (tertiary/aromatic N) is 4. The number of rotatable bonds is 3. The molecule has 1 unspecified atom stereocenters. The third kappa shape index (κ3) is 2.54. The van der Waals surface area contributed by atoms with E-state index >= 15 is 0 Å². The average Bonchev–Trinajstić information content (AvgIpc) is 3.12. The van der Waals surface area contributed by atoms with Crippen LogP contribution in [0.25, 0.3) is 0 Å². The standard InChI is InChI=1S/C19H26N4O2/c1-14(15-4-9-20-10-5-15)21-12-6-16(7-13-21)23-17(24)19(2)8-3-11-22(19)18(23)25/h4-5,9-10,14,16H,3,6-8,11-13H2,1-2H3/t14?,19-/m0/s1. The number of piperidine rings is 1. The van der Waals surface area contributed by atoms with Crippen LogP contribution >= 0.6 is 0 Å². The summed E-state index contributed by atoms with van der Waals surface area (Å²) >= 11 is 0. The number of carbonyl (C=O) groups excluding carboxylic acids is 2. The summed E-state index contributed by atoms with van der Waals surface area (Å²) in [5.41, 5.74) is 0.674. The topological polar surface area (TPSA) is 56.8 Å². The Bertz CT molecular complexity index is 671. The van der Waals surface area contributed by atoms with Crippen LogP contribution in [0.4, 0.5) is 4.79 Å². The molecule has 3 aliphatic heterocycles. The number of urea groups is 1. The first-order valence-corrected chi connectivity index (χ1v) is 9.31. The maximum atomic E-state index is 12.9. The SMILES string of the molecule is CC(c1ccncc1)N1CCC(N2C(=O)N3CCC[C@@]3(C)C2=O)CC1. The normalized spacial score (nSPS) is 29.4. The lowest BCUT2D eigenvalue weighted by Gasteiger charge is -2.38. The number of hydrogen-bond acceptors (Lipinski definition) is 4. The minimum atomic E-state index is -0.585. The molecule has 134 valence electrons. The number of fused-ring (bicyclic) bond motifs is 1. The van der Waals surface area contributed by atoms with Crippen molar-refractivity contribution in [2.45, 2.75) is 57.2 Å². The summed E-state index contributed by atoms with van der Waals surface area (Å²) in [5.74, 6) is 0.0237. The van der Waals surface area contributed by atoms with Gasteiger partial charge < -0.3 is 4.90 Å². The highest BCUT2D eigenvalue weighted by molar-refractivity contribution is 6.07.